The molecule has 3 nitrogen and oxygen atoms in total. The molecule has 1 aliphatic heterocycles. The van der Waals surface area contributed by atoms with Gasteiger partial charge in [0.1, 0.15) is 5.82 Å². The largest absolute Gasteiger partial charge is 0.370 e. The minimum absolute atomic E-state index is 0.829. The summed E-state index contributed by atoms with van der Waals surface area (Å²) in [5, 5.41) is 3.38. The van der Waals surface area contributed by atoms with Gasteiger partial charge in [0.05, 0.1) is 0 Å². The van der Waals surface area contributed by atoms with Crippen molar-refractivity contribution in [2.45, 2.75) is 53.0 Å². The molecule has 1 aromatic heterocycles. The monoisotopic (exact) mass is 289 g/mol. The van der Waals surface area contributed by atoms with E-state index < -0.39 is 0 Å². The summed E-state index contributed by atoms with van der Waals surface area (Å²) in [5.41, 5.74) is 1.38. The van der Waals surface area contributed by atoms with Gasteiger partial charge in [-0.25, -0.2) is 4.98 Å². The van der Waals surface area contributed by atoms with Crippen LogP contribution >= 0.6 is 0 Å². The Bertz CT molecular complexity index is 417. The normalized spacial score (nSPS) is 20.5. The van der Waals surface area contributed by atoms with E-state index in [2.05, 4.69) is 48.1 Å². The third-order valence-electron chi connectivity index (χ3n) is 4.59. The lowest BCUT2D eigenvalue weighted by atomic mass is 9.89. The highest BCUT2D eigenvalue weighted by atomic mass is 15.1. The second-order valence-corrected chi connectivity index (χ2v) is 6.69. The van der Waals surface area contributed by atoms with Gasteiger partial charge in [-0.3, -0.25) is 4.90 Å². The average Bonchev–Trinajstić information content (AvgIpc) is 2.71. The van der Waals surface area contributed by atoms with Gasteiger partial charge >= 0.3 is 0 Å². The highest BCUT2D eigenvalue weighted by Gasteiger charge is 2.19. The van der Waals surface area contributed by atoms with Crippen LogP contribution in [0.15, 0.2) is 18.3 Å². The summed E-state index contributed by atoms with van der Waals surface area (Å²) in [6.07, 6.45) is 7.16. The van der Waals surface area contributed by atoms with Crippen molar-refractivity contribution < 1.29 is 0 Å². The van der Waals surface area contributed by atoms with E-state index in [1.165, 1.54) is 37.9 Å². The third-order valence-corrected chi connectivity index (χ3v) is 4.59. The first-order valence-corrected chi connectivity index (χ1v) is 8.60. The molecule has 2 rings (SSSR count). The van der Waals surface area contributed by atoms with Crippen LogP contribution < -0.4 is 5.32 Å². The highest BCUT2D eigenvalue weighted by molar-refractivity contribution is 5.37. The van der Waals surface area contributed by atoms with Gasteiger partial charge in [-0.2, -0.15) is 0 Å². The molecule has 0 radical (unpaired) electrons. The second-order valence-electron chi connectivity index (χ2n) is 6.69. The van der Waals surface area contributed by atoms with E-state index in [9.17, 15) is 0 Å². The maximum atomic E-state index is 4.39. The van der Waals surface area contributed by atoms with E-state index in [0.29, 0.717) is 0 Å². The van der Waals surface area contributed by atoms with Crippen molar-refractivity contribution in [1.29, 1.82) is 0 Å². The van der Waals surface area contributed by atoms with Gasteiger partial charge < -0.3 is 5.32 Å². The van der Waals surface area contributed by atoms with Gasteiger partial charge in [0.25, 0.3) is 0 Å². The van der Waals surface area contributed by atoms with Crippen LogP contribution in [0.25, 0.3) is 0 Å². The summed E-state index contributed by atoms with van der Waals surface area (Å²) >= 11 is 0. The van der Waals surface area contributed by atoms with Gasteiger partial charge in [-0.1, -0.05) is 20.8 Å². The molecule has 118 valence electrons. The lowest BCUT2D eigenvalue weighted by molar-refractivity contribution is 0.265. The fourth-order valence-corrected chi connectivity index (χ4v) is 3.19. The number of hydrogen-bond donors (Lipinski definition) is 1. The molecule has 1 aromatic rings. The van der Waals surface area contributed by atoms with Crippen LogP contribution in [0.4, 0.5) is 5.82 Å². The minimum atomic E-state index is 0.829. The van der Waals surface area contributed by atoms with Gasteiger partial charge in [0.15, 0.2) is 0 Å². The summed E-state index contributed by atoms with van der Waals surface area (Å²) in [4.78, 5) is 7.01. The number of likely N-dealkylation sites (tertiary alicyclic amines) is 1. The van der Waals surface area contributed by atoms with Gasteiger partial charge in [0, 0.05) is 19.3 Å². The zero-order valence-electron chi connectivity index (χ0n) is 13.9. The molecule has 1 atom stereocenters. The van der Waals surface area contributed by atoms with E-state index in [1.54, 1.807) is 0 Å². The summed E-state index contributed by atoms with van der Waals surface area (Å²) in [5.74, 6) is 2.76. The number of pyridine rings is 1. The number of nitrogens with zero attached hydrogens (tertiary/aromatic N) is 2. The molecule has 1 aliphatic rings. The Labute approximate surface area is 130 Å². The summed E-state index contributed by atoms with van der Waals surface area (Å²) in [6.45, 7) is 11.5. The van der Waals surface area contributed by atoms with Crippen LogP contribution in [0, 0.1) is 11.8 Å². The Hall–Kier alpha value is -1.09. The smallest absolute Gasteiger partial charge is 0.126 e. The minimum Gasteiger partial charge on any atom is -0.370 e. The molecule has 21 heavy (non-hydrogen) atoms. The number of aromatic nitrogens is 1. The molecule has 0 amide bonds. The molecule has 1 N–H and O–H groups in total. The molecule has 3 heteroatoms. The van der Waals surface area contributed by atoms with Crippen molar-refractivity contribution in [1.82, 2.24) is 9.88 Å². The third kappa shape index (κ3) is 5.31. The topological polar surface area (TPSA) is 28.2 Å². The molecular formula is C18H31N3. The van der Waals surface area contributed by atoms with Gasteiger partial charge in [-0.05, 0) is 68.3 Å². The van der Waals surface area contributed by atoms with E-state index >= 15 is 0 Å². The van der Waals surface area contributed by atoms with Crippen LogP contribution in [0.5, 0.6) is 0 Å². The lowest BCUT2D eigenvalue weighted by Crippen LogP contribution is -2.24. The molecule has 1 fully saturated rings. The van der Waals surface area contributed by atoms with E-state index in [4.69, 9.17) is 0 Å². The standard InChI is InChI=1S/C18H31N3/c1-4-9-19-18-13-16(7-10-20-18)14-21-11-5-6-17(8-12-21)15(2)3/h7,10,13,15,17H,4-6,8-9,11-12,14H2,1-3H3,(H,19,20). The number of nitrogens with one attached hydrogen (secondary N) is 1. The predicted octanol–water partition coefficient (Wildman–Crippen LogP) is 4.16. The van der Waals surface area contributed by atoms with Crippen LogP contribution in [0.2, 0.25) is 0 Å². The lowest BCUT2D eigenvalue weighted by Gasteiger charge is -2.21. The van der Waals surface area contributed by atoms with Crippen molar-refractivity contribution in [3.63, 3.8) is 0 Å². The molecule has 0 aromatic carbocycles. The maximum absolute atomic E-state index is 4.39. The Balaban J connectivity index is 1.89. The van der Waals surface area contributed by atoms with Crippen LogP contribution in [-0.4, -0.2) is 29.5 Å². The quantitative estimate of drug-likeness (QED) is 0.852. The van der Waals surface area contributed by atoms with Gasteiger partial charge in [0.2, 0.25) is 0 Å². The first kappa shape index (κ1) is 16.3. The summed E-state index contributed by atoms with van der Waals surface area (Å²) in [7, 11) is 0. The molecule has 0 saturated carbocycles. The van der Waals surface area contributed by atoms with Crippen molar-refractivity contribution in [3.05, 3.63) is 23.9 Å². The van der Waals surface area contributed by atoms with E-state index in [-0.39, 0.29) is 0 Å². The first-order chi connectivity index (χ1) is 10.2. The molecular weight excluding hydrogens is 258 g/mol. The zero-order valence-corrected chi connectivity index (χ0v) is 13.9. The Morgan fingerprint density at radius 3 is 2.95 bits per heavy atom. The number of rotatable bonds is 6. The first-order valence-electron chi connectivity index (χ1n) is 8.60. The van der Waals surface area contributed by atoms with E-state index in [0.717, 1.165) is 37.2 Å². The molecule has 0 aliphatic carbocycles. The Kier molecular flexibility index (Phi) is 6.50. The fourth-order valence-electron chi connectivity index (χ4n) is 3.19. The molecule has 1 saturated heterocycles. The zero-order chi connectivity index (χ0) is 15.1. The Morgan fingerprint density at radius 2 is 2.19 bits per heavy atom. The predicted molar refractivity (Wildman–Crippen MR) is 90.5 cm³/mol. The van der Waals surface area contributed by atoms with Crippen molar-refractivity contribution in [2.75, 3.05) is 25.0 Å². The highest BCUT2D eigenvalue weighted by Crippen LogP contribution is 2.25. The number of hydrogen-bond acceptors (Lipinski definition) is 3. The van der Waals surface area contributed by atoms with E-state index in [1.807, 2.05) is 6.20 Å². The van der Waals surface area contributed by atoms with Crippen LogP contribution in [0.3, 0.4) is 0 Å². The van der Waals surface area contributed by atoms with Crippen molar-refractivity contribution in [3.8, 4) is 0 Å². The maximum Gasteiger partial charge on any atom is 0.126 e. The molecule has 1 unspecified atom stereocenters. The van der Waals surface area contributed by atoms with Crippen LogP contribution in [0.1, 0.15) is 52.0 Å². The Morgan fingerprint density at radius 1 is 1.33 bits per heavy atom. The molecule has 2 heterocycles. The molecule has 0 bridgehead atoms. The van der Waals surface area contributed by atoms with Crippen molar-refractivity contribution >= 4 is 5.82 Å². The summed E-state index contributed by atoms with van der Waals surface area (Å²) in [6, 6.07) is 4.36. The average molecular weight is 289 g/mol. The second kappa shape index (κ2) is 8.38. The van der Waals surface area contributed by atoms with Crippen LogP contribution in [-0.2, 0) is 6.54 Å². The number of anilines is 1. The fraction of sp³-hybridized carbons (Fsp3) is 0.722. The van der Waals surface area contributed by atoms with Gasteiger partial charge in [-0.15, -0.1) is 0 Å². The molecule has 0 spiro atoms. The summed E-state index contributed by atoms with van der Waals surface area (Å²) < 4.78 is 0. The van der Waals surface area contributed by atoms with Crippen molar-refractivity contribution in [2.24, 2.45) is 11.8 Å². The SMILES string of the molecule is CCCNc1cc(CN2CCCC(C(C)C)CC2)ccn1.